The van der Waals surface area contributed by atoms with Crippen molar-refractivity contribution in [2.45, 2.75) is 33.2 Å². The number of nitrogens with one attached hydrogen (secondary N) is 1. The third kappa shape index (κ3) is 3.67. The molecule has 0 bridgehead atoms. The molecule has 1 atom stereocenters. The SMILES string of the molecule is CCC(Nc1ccc(C(=O)O)cc1[N+](=O)[O-])C(C)C. The van der Waals surface area contributed by atoms with Crippen LogP contribution in [0.2, 0.25) is 0 Å². The van der Waals surface area contributed by atoms with Gasteiger partial charge in [0.25, 0.3) is 5.69 Å². The van der Waals surface area contributed by atoms with Gasteiger partial charge in [0.1, 0.15) is 5.69 Å². The van der Waals surface area contributed by atoms with Gasteiger partial charge in [-0.2, -0.15) is 0 Å². The first kappa shape index (κ1) is 14.9. The highest BCUT2D eigenvalue weighted by Crippen LogP contribution is 2.27. The highest BCUT2D eigenvalue weighted by atomic mass is 16.6. The van der Waals surface area contributed by atoms with Gasteiger partial charge in [-0.05, 0) is 24.5 Å². The largest absolute Gasteiger partial charge is 0.478 e. The van der Waals surface area contributed by atoms with Crippen LogP contribution >= 0.6 is 0 Å². The van der Waals surface area contributed by atoms with Gasteiger partial charge < -0.3 is 10.4 Å². The number of hydrogen-bond acceptors (Lipinski definition) is 4. The van der Waals surface area contributed by atoms with Crippen molar-refractivity contribution in [1.29, 1.82) is 0 Å². The van der Waals surface area contributed by atoms with Gasteiger partial charge >= 0.3 is 5.97 Å². The first-order chi connectivity index (χ1) is 8.86. The topological polar surface area (TPSA) is 92.5 Å². The standard InChI is InChI=1S/C13H18N2O4/c1-4-10(8(2)3)14-11-6-5-9(13(16)17)7-12(11)15(18)19/h5-8,10,14H,4H2,1-3H3,(H,16,17). The maximum absolute atomic E-state index is 11.0. The molecule has 0 saturated heterocycles. The van der Waals surface area contributed by atoms with E-state index in [4.69, 9.17) is 5.11 Å². The molecule has 0 aliphatic rings. The Balaban J connectivity index is 3.13. The summed E-state index contributed by atoms with van der Waals surface area (Å²) in [6.07, 6.45) is 0.829. The zero-order valence-corrected chi connectivity index (χ0v) is 11.2. The first-order valence-corrected chi connectivity index (χ1v) is 6.15. The van der Waals surface area contributed by atoms with Crippen LogP contribution in [0.5, 0.6) is 0 Å². The Morgan fingerprint density at radius 2 is 2.11 bits per heavy atom. The number of aromatic carboxylic acids is 1. The van der Waals surface area contributed by atoms with Gasteiger partial charge in [-0.1, -0.05) is 20.8 Å². The van der Waals surface area contributed by atoms with Crippen LogP contribution in [-0.2, 0) is 0 Å². The molecule has 0 aromatic heterocycles. The second-order valence-electron chi connectivity index (χ2n) is 4.70. The Morgan fingerprint density at radius 1 is 1.47 bits per heavy atom. The van der Waals surface area contributed by atoms with Crippen LogP contribution in [0.4, 0.5) is 11.4 Å². The average Bonchev–Trinajstić information content (AvgIpc) is 2.35. The van der Waals surface area contributed by atoms with Crippen molar-refractivity contribution in [3.63, 3.8) is 0 Å². The molecule has 1 rings (SSSR count). The third-order valence-electron chi connectivity index (χ3n) is 3.03. The second kappa shape index (κ2) is 6.17. The van der Waals surface area contributed by atoms with Crippen molar-refractivity contribution >= 4 is 17.3 Å². The van der Waals surface area contributed by atoms with Gasteiger partial charge in [-0.25, -0.2) is 4.79 Å². The van der Waals surface area contributed by atoms with E-state index in [9.17, 15) is 14.9 Å². The van der Waals surface area contributed by atoms with E-state index in [1.807, 2.05) is 20.8 Å². The Morgan fingerprint density at radius 3 is 2.53 bits per heavy atom. The predicted octanol–water partition coefficient (Wildman–Crippen LogP) is 3.14. The molecule has 6 nitrogen and oxygen atoms in total. The molecule has 0 saturated carbocycles. The smallest absolute Gasteiger partial charge is 0.335 e. The minimum absolute atomic E-state index is 0.0881. The maximum atomic E-state index is 11.0. The van der Waals surface area contributed by atoms with Crippen LogP contribution in [0, 0.1) is 16.0 Å². The molecule has 104 valence electrons. The lowest BCUT2D eigenvalue weighted by Gasteiger charge is -2.21. The van der Waals surface area contributed by atoms with Gasteiger partial charge in [0.2, 0.25) is 0 Å². The molecule has 0 heterocycles. The van der Waals surface area contributed by atoms with E-state index in [0.29, 0.717) is 11.6 Å². The van der Waals surface area contributed by atoms with Gasteiger partial charge in [-0.3, -0.25) is 10.1 Å². The zero-order valence-electron chi connectivity index (χ0n) is 11.2. The molecule has 0 aliphatic heterocycles. The number of anilines is 1. The molecule has 0 spiro atoms. The molecule has 0 fully saturated rings. The highest BCUT2D eigenvalue weighted by Gasteiger charge is 2.20. The van der Waals surface area contributed by atoms with E-state index in [-0.39, 0.29) is 17.3 Å². The molecular weight excluding hydrogens is 248 g/mol. The number of nitro benzene ring substituents is 1. The minimum atomic E-state index is -1.18. The Kier molecular flexibility index (Phi) is 4.86. The lowest BCUT2D eigenvalue weighted by Crippen LogP contribution is -2.25. The number of carbonyl (C=O) groups is 1. The summed E-state index contributed by atoms with van der Waals surface area (Å²) in [5.74, 6) is -0.852. The normalized spacial score (nSPS) is 12.2. The molecule has 1 aromatic rings. The van der Waals surface area contributed by atoms with Crippen molar-refractivity contribution in [3.8, 4) is 0 Å². The van der Waals surface area contributed by atoms with Gasteiger partial charge in [-0.15, -0.1) is 0 Å². The third-order valence-corrected chi connectivity index (χ3v) is 3.03. The fourth-order valence-corrected chi connectivity index (χ4v) is 1.88. The Labute approximate surface area is 111 Å². The summed E-state index contributed by atoms with van der Waals surface area (Å²) in [6, 6.07) is 4.00. The second-order valence-corrected chi connectivity index (χ2v) is 4.70. The van der Waals surface area contributed by atoms with Crippen molar-refractivity contribution in [1.82, 2.24) is 0 Å². The average molecular weight is 266 g/mol. The summed E-state index contributed by atoms with van der Waals surface area (Å²) >= 11 is 0. The van der Waals surface area contributed by atoms with E-state index in [1.165, 1.54) is 12.1 Å². The molecule has 1 aromatic carbocycles. The fraction of sp³-hybridized carbons (Fsp3) is 0.462. The van der Waals surface area contributed by atoms with E-state index in [2.05, 4.69) is 5.32 Å². The minimum Gasteiger partial charge on any atom is -0.478 e. The lowest BCUT2D eigenvalue weighted by molar-refractivity contribution is -0.384. The summed E-state index contributed by atoms with van der Waals surface area (Å²) < 4.78 is 0. The lowest BCUT2D eigenvalue weighted by atomic mass is 10.0. The van der Waals surface area contributed by atoms with Gasteiger partial charge in [0, 0.05) is 12.1 Å². The monoisotopic (exact) mass is 266 g/mol. The van der Waals surface area contributed by atoms with Crippen LogP contribution in [-0.4, -0.2) is 22.0 Å². The number of nitro groups is 1. The van der Waals surface area contributed by atoms with Crippen LogP contribution in [0.15, 0.2) is 18.2 Å². The van der Waals surface area contributed by atoms with E-state index >= 15 is 0 Å². The number of nitrogens with zero attached hydrogens (tertiary/aromatic N) is 1. The van der Waals surface area contributed by atoms with Gasteiger partial charge in [0.15, 0.2) is 0 Å². The number of benzene rings is 1. The molecule has 0 radical (unpaired) electrons. The molecular formula is C13H18N2O4. The number of carboxylic acid groups (broad SMARTS) is 1. The quantitative estimate of drug-likeness (QED) is 0.609. The van der Waals surface area contributed by atoms with Crippen LogP contribution in [0.25, 0.3) is 0 Å². The maximum Gasteiger partial charge on any atom is 0.335 e. The van der Waals surface area contributed by atoms with E-state index in [0.717, 1.165) is 12.5 Å². The fourth-order valence-electron chi connectivity index (χ4n) is 1.88. The molecule has 0 aliphatic carbocycles. The Bertz CT molecular complexity index is 486. The summed E-state index contributed by atoms with van der Waals surface area (Å²) in [7, 11) is 0. The number of hydrogen-bond donors (Lipinski definition) is 2. The molecule has 19 heavy (non-hydrogen) atoms. The molecule has 2 N–H and O–H groups in total. The summed E-state index contributed by atoms with van der Waals surface area (Å²) in [4.78, 5) is 21.3. The van der Waals surface area contributed by atoms with Crippen LogP contribution < -0.4 is 5.32 Å². The number of rotatable bonds is 6. The molecule has 0 amide bonds. The first-order valence-electron chi connectivity index (χ1n) is 6.15. The summed E-state index contributed by atoms with van der Waals surface area (Å²) in [5, 5.41) is 23.0. The van der Waals surface area contributed by atoms with Crippen molar-refractivity contribution in [3.05, 3.63) is 33.9 Å². The van der Waals surface area contributed by atoms with Crippen molar-refractivity contribution < 1.29 is 14.8 Å². The summed E-state index contributed by atoms with van der Waals surface area (Å²) in [5.41, 5.74) is 0.0596. The van der Waals surface area contributed by atoms with Crippen molar-refractivity contribution in [2.24, 2.45) is 5.92 Å². The number of carboxylic acids is 1. The van der Waals surface area contributed by atoms with Crippen LogP contribution in [0.3, 0.4) is 0 Å². The van der Waals surface area contributed by atoms with Crippen molar-refractivity contribution in [2.75, 3.05) is 5.32 Å². The van der Waals surface area contributed by atoms with E-state index in [1.54, 1.807) is 0 Å². The predicted molar refractivity (Wildman–Crippen MR) is 72.6 cm³/mol. The Hall–Kier alpha value is -2.11. The molecule has 6 heteroatoms. The van der Waals surface area contributed by atoms with E-state index < -0.39 is 10.9 Å². The molecule has 1 unspecified atom stereocenters. The van der Waals surface area contributed by atoms with Crippen LogP contribution in [0.1, 0.15) is 37.6 Å². The van der Waals surface area contributed by atoms with Gasteiger partial charge in [0.05, 0.1) is 10.5 Å². The highest BCUT2D eigenvalue weighted by molar-refractivity contribution is 5.89. The zero-order chi connectivity index (χ0) is 14.6. The summed E-state index contributed by atoms with van der Waals surface area (Å²) in [6.45, 7) is 6.05.